The summed E-state index contributed by atoms with van der Waals surface area (Å²) in [5, 5.41) is 13.9. The van der Waals surface area contributed by atoms with Crippen molar-refractivity contribution in [2.75, 3.05) is 0 Å². The van der Waals surface area contributed by atoms with Crippen LogP contribution < -0.4 is 0 Å². The van der Waals surface area contributed by atoms with Crippen molar-refractivity contribution in [3.63, 3.8) is 0 Å². The number of nitrogens with zero attached hydrogens (tertiary/aromatic N) is 3. The van der Waals surface area contributed by atoms with Crippen molar-refractivity contribution in [2.24, 2.45) is 13.0 Å². The average molecular weight is 291 g/mol. The van der Waals surface area contributed by atoms with Gasteiger partial charge in [0.25, 0.3) is 0 Å². The fourth-order valence-corrected chi connectivity index (χ4v) is 4.31. The molecule has 0 amide bonds. The highest BCUT2D eigenvalue weighted by Gasteiger charge is 2.43. The van der Waals surface area contributed by atoms with Crippen molar-refractivity contribution < 1.29 is 9.90 Å². The largest absolute Gasteiger partial charge is 0.480 e. The van der Waals surface area contributed by atoms with E-state index in [0.29, 0.717) is 12.0 Å². The Morgan fingerprint density at radius 1 is 1.33 bits per heavy atom. The molecule has 5 nitrogen and oxygen atoms in total. The fraction of sp³-hybridized carbons (Fsp3) is 0.750. The van der Waals surface area contributed by atoms with E-state index in [1.54, 1.807) is 4.68 Å². The number of aryl methyl sites for hydroxylation is 1. The first-order chi connectivity index (χ1) is 10.1. The lowest BCUT2D eigenvalue weighted by Gasteiger charge is -2.49. The third kappa shape index (κ3) is 2.71. The highest BCUT2D eigenvalue weighted by Crippen LogP contribution is 2.42. The molecule has 0 radical (unpaired) electrons. The molecule has 1 aromatic rings. The van der Waals surface area contributed by atoms with Crippen molar-refractivity contribution in [1.82, 2.24) is 14.7 Å². The molecule has 2 aliphatic rings. The maximum absolute atomic E-state index is 11.7. The van der Waals surface area contributed by atoms with E-state index in [-0.39, 0.29) is 12.1 Å². The molecule has 2 heterocycles. The molecular weight excluding hydrogens is 266 g/mol. The zero-order chi connectivity index (χ0) is 15.0. The number of piperidine rings is 1. The number of carboxylic acid groups (broad SMARTS) is 1. The van der Waals surface area contributed by atoms with Gasteiger partial charge in [-0.25, -0.2) is 0 Å². The second kappa shape index (κ2) is 5.79. The van der Waals surface area contributed by atoms with E-state index < -0.39 is 5.97 Å². The number of likely N-dealkylation sites (tertiary alicyclic amines) is 1. The molecule has 0 spiro atoms. The summed E-state index contributed by atoms with van der Waals surface area (Å²) in [6, 6.07) is 0.189. The Morgan fingerprint density at radius 3 is 2.76 bits per heavy atom. The lowest BCUT2D eigenvalue weighted by Crippen LogP contribution is -2.55. The molecule has 3 rings (SSSR count). The third-order valence-corrected chi connectivity index (χ3v) is 5.36. The topological polar surface area (TPSA) is 58.4 Å². The first-order valence-corrected chi connectivity index (χ1v) is 8.06. The summed E-state index contributed by atoms with van der Waals surface area (Å²) in [5.41, 5.74) is 1.12. The Bertz CT molecular complexity index is 513. The molecule has 4 unspecified atom stereocenters. The molecule has 0 bridgehead atoms. The van der Waals surface area contributed by atoms with E-state index >= 15 is 0 Å². The number of fused-ring (bicyclic) bond motifs is 1. The summed E-state index contributed by atoms with van der Waals surface area (Å²) in [6.07, 6.45) is 10.6. The third-order valence-electron chi connectivity index (χ3n) is 5.36. The van der Waals surface area contributed by atoms with Crippen LogP contribution in [0.5, 0.6) is 0 Å². The molecule has 1 aromatic heterocycles. The zero-order valence-corrected chi connectivity index (χ0v) is 12.9. The molecule has 1 saturated heterocycles. The van der Waals surface area contributed by atoms with Gasteiger partial charge in [0.15, 0.2) is 0 Å². The molecular formula is C16H25N3O2. The van der Waals surface area contributed by atoms with Gasteiger partial charge in [-0.05, 0) is 38.5 Å². The van der Waals surface area contributed by atoms with Gasteiger partial charge in [-0.1, -0.05) is 12.8 Å². The smallest absolute Gasteiger partial charge is 0.320 e. The minimum atomic E-state index is -0.672. The van der Waals surface area contributed by atoms with Crippen LogP contribution in [0.1, 0.15) is 57.1 Å². The maximum Gasteiger partial charge on any atom is 0.320 e. The van der Waals surface area contributed by atoms with Gasteiger partial charge in [0.05, 0.1) is 6.20 Å². The van der Waals surface area contributed by atoms with Crippen LogP contribution in [0.2, 0.25) is 0 Å². The highest BCUT2D eigenvalue weighted by molar-refractivity contribution is 5.73. The minimum Gasteiger partial charge on any atom is -0.480 e. The van der Waals surface area contributed by atoms with E-state index in [1.165, 1.54) is 19.3 Å². The van der Waals surface area contributed by atoms with Crippen molar-refractivity contribution in [2.45, 2.75) is 63.6 Å². The molecule has 116 valence electrons. The minimum absolute atomic E-state index is 0.116. The van der Waals surface area contributed by atoms with E-state index in [0.717, 1.165) is 24.8 Å². The molecule has 5 heteroatoms. The number of aliphatic carboxylic acids is 1. The Morgan fingerprint density at radius 2 is 2.10 bits per heavy atom. The van der Waals surface area contributed by atoms with Crippen molar-refractivity contribution in [3.8, 4) is 0 Å². The molecule has 1 N–H and O–H groups in total. The Hall–Kier alpha value is -1.36. The predicted octanol–water partition coefficient (Wildman–Crippen LogP) is 2.59. The molecule has 21 heavy (non-hydrogen) atoms. The Kier molecular flexibility index (Phi) is 4.02. The van der Waals surface area contributed by atoms with E-state index in [1.807, 2.05) is 19.4 Å². The van der Waals surface area contributed by atoms with Crippen LogP contribution in [0.4, 0.5) is 0 Å². The lowest BCUT2D eigenvalue weighted by molar-refractivity contribution is -0.150. The van der Waals surface area contributed by atoms with Crippen LogP contribution >= 0.6 is 0 Å². The van der Waals surface area contributed by atoms with Gasteiger partial charge in [-0.3, -0.25) is 14.4 Å². The second-order valence-electron chi connectivity index (χ2n) is 6.61. The molecule has 0 aromatic carbocycles. The first-order valence-electron chi connectivity index (χ1n) is 8.06. The van der Waals surface area contributed by atoms with E-state index in [4.69, 9.17) is 0 Å². The predicted molar refractivity (Wildman–Crippen MR) is 79.9 cm³/mol. The summed E-state index contributed by atoms with van der Waals surface area (Å²) in [6.45, 7) is 2.13. The first kappa shape index (κ1) is 14.6. The van der Waals surface area contributed by atoms with Crippen LogP contribution in [0.25, 0.3) is 0 Å². The van der Waals surface area contributed by atoms with Crippen molar-refractivity contribution in [1.29, 1.82) is 0 Å². The van der Waals surface area contributed by atoms with Crippen LogP contribution in [0.15, 0.2) is 12.4 Å². The molecule has 2 fully saturated rings. The summed E-state index contributed by atoms with van der Waals surface area (Å²) in [5.74, 6) is 0.00300. The molecule has 1 aliphatic heterocycles. The lowest BCUT2D eigenvalue weighted by atomic mass is 9.75. The monoisotopic (exact) mass is 291 g/mol. The number of carbonyl (C=O) groups is 1. The van der Waals surface area contributed by atoms with Gasteiger partial charge in [0, 0.05) is 30.9 Å². The quantitative estimate of drug-likeness (QED) is 0.930. The van der Waals surface area contributed by atoms with Crippen LogP contribution in [-0.4, -0.2) is 37.8 Å². The van der Waals surface area contributed by atoms with Gasteiger partial charge in [-0.2, -0.15) is 5.10 Å². The second-order valence-corrected chi connectivity index (χ2v) is 6.61. The maximum atomic E-state index is 11.7. The molecule has 4 atom stereocenters. The van der Waals surface area contributed by atoms with Crippen LogP contribution in [0.3, 0.4) is 0 Å². The fourth-order valence-electron chi connectivity index (χ4n) is 4.31. The summed E-state index contributed by atoms with van der Waals surface area (Å²) in [7, 11) is 1.91. The average Bonchev–Trinajstić information content (AvgIpc) is 2.91. The zero-order valence-electron chi connectivity index (χ0n) is 12.9. The van der Waals surface area contributed by atoms with Crippen LogP contribution in [-0.2, 0) is 11.8 Å². The summed E-state index contributed by atoms with van der Waals surface area (Å²) in [4.78, 5) is 14.0. The summed E-state index contributed by atoms with van der Waals surface area (Å²) < 4.78 is 1.80. The van der Waals surface area contributed by atoms with Gasteiger partial charge in [0.1, 0.15) is 6.04 Å². The van der Waals surface area contributed by atoms with E-state index in [2.05, 4.69) is 16.9 Å². The number of hydrogen-bond donors (Lipinski definition) is 1. The normalized spacial score (nSPS) is 31.6. The number of rotatable bonds is 3. The van der Waals surface area contributed by atoms with Gasteiger partial charge in [0.2, 0.25) is 0 Å². The SMILES string of the molecule is CC(c1cnn(C)c1)N1C(C(=O)O)CCC2CCCCC21. The number of hydrogen-bond acceptors (Lipinski definition) is 3. The molecule has 1 aliphatic carbocycles. The Balaban J connectivity index is 1.90. The van der Waals surface area contributed by atoms with Gasteiger partial charge < -0.3 is 5.11 Å². The summed E-state index contributed by atoms with van der Waals surface area (Å²) >= 11 is 0. The Labute approximate surface area is 125 Å². The number of carboxylic acids is 1. The van der Waals surface area contributed by atoms with E-state index in [9.17, 15) is 9.90 Å². The van der Waals surface area contributed by atoms with Gasteiger partial charge >= 0.3 is 5.97 Å². The van der Waals surface area contributed by atoms with Gasteiger partial charge in [-0.15, -0.1) is 0 Å². The van der Waals surface area contributed by atoms with Crippen LogP contribution in [0, 0.1) is 5.92 Å². The standard InChI is InChI=1S/C16H25N3O2/c1-11(13-9-17-18(2)10-13)19-14-6-4-3-5-12(14)7-8-15(19)16(20)21/h9-12,14-15H,3-8H2,1-2H3,(H,20,21). The van der Waals surface area contributed by atoms with Crippen molar-refractivity contribution >= 4 is 5.97 Å². The molecule has 1 saturated carbocycles. The van der Waals surface area contributed by atoms with Crippen molar-refractivity contribution in [3.05, 3.63) is 18.0 Å². The number of aromatic nitrogens is 2. The highest BCUT2D eigenvalue weighted by atomic mass is 16.4.